The Labute approximate surface area is 127 Å². The van der Waals surface area contributed by atoms with Gasteiger partial charge >= 0.3 is 0 Å². The summed E-state index contributed by atoms with van der Waals surface area (Å²) in [5.41, 5.74) is -0.802. The van der Waals surface area contributed by atoms with E-state index in [0.717, 1.165) is 32.7 Å². The van der Waals surface area contributed by atoms with Crippen molar-refractivity contribution in [2.75, 3.05) is 44.6 Å². The Kier molecular flexibility index (Phi) is 5.57. The molecule has 2 rings (SSSR count). The molecule has 0 aromatic carbocycles. The Bertz CT molecular complexity index is 492. The number of piperazine rings is 1. The highest BCUT2D eigenvalue weighted by Crippen LogP contribution is 2.22. The van der Waals surface area contributed by atoms with Crippen molar-refractivity contribution in [2.24, 2.45) is 0 Å². The molecule has 0 spiro atoms. The summed E-state index contributed by atoms with van der Waals surface area (Å²) in [6.07, 6.45) is 0. The molecule has 1 saturated heterocycles. The third-order valence-electron chi connectivity index (χ3n) is 4.05. The van der Waals surface area contributed by atoms with Crippen molar-refractivity contribution in [3.63, 3.8) is 0 Å². The van der Waals surface area contributed by atoms with E-state index in [0.29, 0.717) is 0 Å². The molecule has 1 N–H and O–H groups in total. The minimum absolute atomic E-state index is 0.0166. The number of hydrogen-bond donors (Lipinski definition) is 1. The summed E-state index contributed by atoms with van der Waals surface area (Å²) < 4.78 is 53.1. The lowest BCUT2D eigenvalue weighted by molar-refractivity contribution is 0.110. The van der Waals surface area contributed by atoms with Crippen molar-refractivity contribution in [1.29, 1.82) is 0 Å². The smallest absolute Gasteiger partial charge is 0.253 e. The Balaban J connectivity index is 1.96. The van der Waals surface area contributed by atoms with E-state index >= 15 is 0 Å². The number of nitrogens with one attached hydrogen (secondary N) is 1. The summed E-state index contributed by atoms with van der Waals surface area (Å²) in [5.74, 6) is -6.29. The number of hydrogen-bond acceptors (Lipinski definition) is 4. The second-order valence-corrected chi connectivity index (χ2v) is 5.40. The summed E-state index contributed by atoms with van der Waals surface area (Å²) in [4.78, 5) is 7.01. The van der Waals surface area contributed by atoms with E-state index in [1.807, 2.05) is 6.92 Å². The van der Waals surface area contributed by atoms with E-state index in [1.54, 1.807) is 0 Å². The maximum Gasteiger partial charge on any atom is 0.253 e. The van der Waals surface area contributed by atoms with Gasteiger partial charge in [0.15, 0.2) is 0 Å². The lowest BCUT2D eigenvalue weighted by Crippen LogP contribution is -2.51. The van der Waals surface area contributed by atoms with E-state index in [9.17, 15) is 17.6 Å². The zero-order valence-electron chi connectivity index (χ0n) is 12.7. The molecule has 22 heavy (non-hydrogen) atoms. The number of aromatic nitrogens is 1. The molecule has 2 heterocycles. The minimum atomic E-state index is -1.65. The van der Waals surface area contributed by atoms with Gasteiger partial charge in [-0.3, -0.25) is 4.90 Å². The number of halogens is 4. The van der Waals surface area contributed by atoms with E-state index in [4.69, 9.17) is 0 Å². The maximum absolute atomic E-state index is 13.5. The predicted octanol–water partition coefficient (Wildman–Crippen LogP) is 2.08. The van der Waals surface area contributed by atoms with Crippen LogP contribution in [0.25, 0.3) is 0 Å². The van der Waals surface area contributed by atoms with Crippen LogP contribution in [0.3, 0.4) is 0 Å². The first kappa shape index (κ1) is 17.0. The van der Waals surface area contributed by atoms with Gasteiger partial charge in [-0.15, -0.1) is 0 Å². The van der Waals surface area contributed by atoms with Crippen LogP contribution in [-0.2, 0) is 0 Å². The molecular formula is C14H20F4N4. The van der Waals surface area contributed by atoms with Gasteiger partial charge in [0.25, 0.3) is 11.9 Å². The number of rotatable bonds is 5. The van der Waals surface area contributed by atoms with E-state index < -0.39 is 29.2 Å². The fourth-order valence-corrected chi connectivity index (χ4v) is 2.54. The van der Waals surface area contributed by atoms with Crippen LogP contribution < -0.4 is 5.32 Å². The van der Waals surface area contributed by atoms with E-state index in [-0.39, 0.29) is 12.6 Å². The topological polar surface area (TPSA) is 31.4 Å². The van der Waals surface area contributed by atoms with Gasteiger partial charge in [-0.1, -0.05) is 6.92 Å². The monoisotopic (exact) mass is 320 g/mol. The van der Waals surface area contributed by atoms with Gasteiger partial charge < -0.3 is 10.2 Å². The zero-order valence-corrected chi connectivity index (χ0v) is 12.7. The second kappa shape index (κ2) is 7.23. The Hall–Kier alpha value is -1.41. The van der Waals surface area contributed by atoms with Crippen molar-refractivity contribution >= 4 is 5.69 Å². The van der Waals surface area contributed by atoms with Gasteiger partial charge in [0.2, 0.25) is 11.6 Å². The van der Waals surface area contributed by atoms with Gasteiger partial charge in [-0.05, 0) is 13.5 Å². The first-order valence-electron chi connectivity index (χ1n) is 7.34. The van der Waals surface area contributed by atoms with Crippen LogP contribution in [0, 0.1) is 23.5 Å². The molecule has 1 aromatic heterocycles. The number of anilines is 1. The van der Waals surface area contributed by atoms with E-state index in [2.05, 4.69) is 27.0 Å². The summed E-state index contributed by atoms with van der Waals surface area (Å²) in [6, 6.07) is -0.0166. The lowest BCUT2D eigenvalue weighted by atomic mass is 10.2. The van der Waals surface area contributed by atoms with Crippen molar-refractivity contribution in [1.82, 2.24) is 14.8 Å². The first-order chi connectivity index (χ1) is 10.4. The second-order valence-electron chi connectivity index (χ2n) is 5.40. The molecule has 4 nitrogen and oxygen atoms in total. The van der Waals surface area contributed by atoms with Crippen LogP contribution >= 0.6 is 0 Å². The highest BCUT2D eigenvalue weighted by Gasteiger charge is 2.23. The van der Waals surface area contributed by atoms with E-state index in [1.165, 1.54) is 0 Å². The number of likely N-dealkylation sites (N-methyl/N-ethyl adjacent to an activating group) is 1. The molecule has 8 heteroatoms. The summed E-state index contributed by atoms with van der Waals surface area (Å²) in [5, 5.41) is 2.46. The van der Waals surface area contributed by atoms with Crippen LogP contribution in [0.15, 0.2) is 0 Å². The Morgan fingerprint density at radius 1 is 1.05 bits per heavy atom. The van der Waals surface area contributed by atoms with Crippen molar-refractivity contribution in [3.05, 3.63) is 23.5 Å². The average molecular weight is 320 g/mol. The highest BCUT2D eigenvalue weighted by atomic mass is 19.2. The van der Waals surface area contributed by atoms with Crippen LogP contribution in [0.4, 0.5) is 23.2 Å². The van der Waals surface area contributed by atoms with Crippen molar-refractivity contribution in [2.45, 2.75) is 19.9 Å². The number of pyridine rings is 1. The molecule has 1 aliphatic rings. The molecular weight excluding hydrogens is 300 g/mol. The largest absolute Gasteiger partial charge is 0.378 e. The SMILES string of the molecule is CCN1CCN([C@H](C)CNc2c(F)c(F)nc(F)c2F)CC1. The molecule has 0 bridgehead atoms. The average Bonchev–Trinajstić information content (AvgIpc) is 2.53. The molecule has 0 saturated carbocycles. The standard InChI is InChI=1S/C14H20F4N4/c1-3-21-4-6-22(7-5-21)9(2)8-19-12-10(15)13(17)20-14(18)11(12)16/h9H,3-8H2,1-2H3,(H,19,20)/t9-/m1/s1. The maximum atomic E-state index is 13.5. The predicted molar refractivity (Wildman–Crippen MR) is 75.7 cm³/mol. The minimum Gasteiger partial charge on any atom is -0.378 e. The van der Waals surface area contributed by atoms with Crippen molar-refractivity contribution in [3.8, 4) is 0 Å². The van der Waals surface area contributed by atoms with Gasteiger partial charge in [-0.2, -0.15) is 22.5 Å². The molecule has 0 amide bonds. The first-order valence-corrected chi connectivity index (χ1v) is 7.34. The van der Waals surface area contributed by atoms with Crippen LogP contribution in [0.5, 0.6) is 0 Å². The molecule has 1 fully saturated rings. The Morgan fingerprint density at radius 3 is 2.09 bits per heavy atom. The third kappa shape index (κ3) is 3.67. The van der Waals surface area contributed by atoms with Gasteiger partial charge in [0, 0.05) is 38.8 Å². The molecule has 0 aliphatic carbocycles. The molecule has 1 aromatic rings. The highest BCUT2D eigenvalue weighted by molar-refractivity contribution is 5.45. The molecule has 124 valence electrons. The molecule has 0 unspecified atom stereocenters. The fourth-order valence-electron chi connectivity index (χ4n) is 2.54. The lowest BCUT2D eigenvalue weighted by Gasteiger charge is -2.37. The van der Waals surface area contributed by atoms with Gasteiger partial charge in [-0.25, -0.2) is 0 Å². The quantitative estimate of drug-likeness (QED) is 0.665. The fraction of sp³-hybridized carbons (Fsp3) is 0.643. The number of nitrogens with zero attached hydrogens (tertiary/aromatic N) is 3. The molecule has 1 atom stereocenters. The van der Waals surface area contributed by atoms with Gasteiger partial charge in [0.05, 0.1) is 0 Å². The summed E-state index contributed by atoms with van der Waals surface area (Å²) >= 11 is 0. The van der Waals surface area contributed by atoms with Crippen LogP contribution in [0.2, 0.25) is 0 Å². The normalized spacial score (nSPS) is 18.5. The molecule has 0 radical (unpaired) electrons. The van der Waals surface area contributed by atoms with Crippen LogP contribution in [-0.4, -0.2) is 60.1 Å². The zero-order chi connectivity index (χ0) is 16.3. The van der Waals surface area contributed by atoms with Gasteiger partial charge in [0.1, 0.15) is 5.69 Å². The Morgan fingerprint density at radius 2 is 1.59 bits per heavy atom. The van der Waals surface area contributed by atoms with Crippen LogP contribution in [0.1, 0.15) is 13.8 Å². The molecule has 1 aliphatic heterocycles. The van der Waals surface area contributed by atoms with Crippen molar-refractivity contribution < 1.29 is 17.6 Å². The summed E-state index contributed by atoms with van der Waals surface area (Å²) in [6.45, 7) is 8.73. The third-order valence-corrected chi connectivity index (χ3v) is 4.05. The summed E-state index contributed by atoms with van der Waals surface area (Å²) in [7, 11) is 0.